The maximum atomic E-state index is 11.8. The fraction of sp³-hybridized carbons (Fsp3) is 0.933. The molecule has 0 saturated carbocycles. The predicted molar refractivity (Wildman–Crippen MR) is 146 cm³/mol. The van der Waals surface area contributed by atoms with E-state index >= 15 is 0 Å². The summed E-state index contributed by atoms with van der Waals surface area (Å²) < 4.78 is 5.39. The maximum absolute atomic E-state index is 11.8. The number of carbonyl (C=O) groups excluding carboxylic acids is 1. The van der Waals surface area contributed by atoms with Crippen molar-refractivity contribution in [2.75, 3.05) is 6.61 Å². The van der Waals surface area contributed by atoms with Crippen LogP contribution in [0.4, 0.5) is 0 Å². The van der Waals surface area contributed by atoms with Crippen LogP contribution in [0.1, 0.15) is 175 Å². The van der Waals surface area contributed by atoms with Crippen LogP contribution in [0, 0.1) is 0 Å². The standard InChI is InChI=1S/C28H56O2.C2H4O2/c1-3-5-7-9-11-13-15-17-19-21-23-25-27-30-28(29)26-24-22-20-18-16-14-12-10-8-6-4-2;1-2(3)4/h3-27H2,1-2H3;1H3,(H,3,4). The van der Waals surface area contributed by atoms with E-state index in [0.717, 1.165) is 19.8 Å². The Bertz CT molecular complexity index is 405. The third kappa shape index (κ3) is 38.2. The summed E-state index contributed by atoms with van der Waals surface area (Å²) in [4.78, 5) is 20.8. The topological polar surface area (TPSA) is 63.6 Å². The molecule has 34 heavy (non-hydrogen) atoms. The van der Waals surface area contributed by atoms with E-state index in [9.17, 15) is 4.79 Å². The second-order valence-electron chi connectivity index (χ2n) is 9.91. The molecule has 0 aromatic rings. The molecule has 0 spiro atoms. The quantitative estimate of drug-likeness (QED) is 0.103. The molecule has 4 nitrogen and oxygen atoms in total. The van der Waals surface area contributed by atoms with Crippen LogP contribution >= 0.6 is 0 Å². The summed E-state index contributed by atoms with van der Waals surface area (Å²) in [6, 6.07) is 0. The molecule has 0 fully saturated rings. The zero-order valence-corrected chi connectivity index (χ0v) is 23.3. The Hall–Kier alpha value is -1.06. The van der Waals surface area contributed by atoms with E-state index in [1.165, 1.54) is 135 Å². The van der Waals surface area contributed by atoms with Gasteiger partial charge in [-0.15, -0.1) is 0 Å². The molecule has 0 aliphatic carbocycles. The van der Waals surface area contributed by atoms with Gasteiger partial charge in [0.15, 0.2) is 0 Å². The summed E-state index contributed by atoms with van der Waals surface area (Å²) in [7, 11) is 0. The first-order valence-electron chi connectivity index (χ1n) is 14.9. The van der Waals surface area contributed by atoms with Crippen LogP contribution in [0.3, 0.4) is 0 Å². The molecule has 0 aliphatic heterocycles. The molecule has 0 bridgehead atoms. The van der Waals surface area contributed by atoms with Gasteiger partial charge in [-0.05, 0) is 12.8 Å². The lowest BCUT2D eigenvalue weighted by Gasteiger charge is -2.06. The molecule has 0 rings (SSSR count). The monoisotopic (exact) mass is 484 g/mol. The van der Waals surface area contributed by atoms with Crippen LogP contribution in [0.15, 0.2) is 0 Å². The number of aliphatic carboxylic acids is 1. The van der Waals surface area contributed by atoms with Gasteiger partial charge in [0, 0.05) is 13.3 Å². The van der Waals surface area contributed by atoms with E-state index in [1.807, 2.05) is 0 Å². The van der Waals surface area contributed by atoms with Gasteiger partial charge in [0.25, 0.3) is 5.97 Å². The SMILES string of the molecule is CC(=O)O.CCCCCCCCCCCCCCOC(=O)CCCCCCCCCCCCC. The van der Waals surface area contributed by atoms with Crippen LogP contribution in [0.25, 0.3) is 0 Å². The summed E-state index contributed by atoms with van der Waals surface area (Å²) in [6.07, 6.45) is 31.3. The third-order valence-electron chi connectivity index (χ3n) is 6.25. The van der Waals surface area contributed by atoms with E-state index in [0.29, 0.717) is 13.0 Å². The zero-order chi connectivity index (χ0) is 25.5. The van der Waals surface area contributed by atoms with Gasteiger partial charge in [-0.1, -0.05) is 149 Å². The van der Waals surface area contributed by atoms with E-state index in [4.69, 9.17) is 14.6 Å². The minimum absolute atomic E-state index is 0.0222. The Kier molecular flexibility index (Phi) is 33.0. The lowest BCUT2D eigenvalue weighted by atomic mass is 10.1. The van der Waals surface area contributed by atoms with Crippen molar-refractivity contribution in [3.8, 4) is 0 Å². The Morgan fingerprint density at radius 1 is 0.500 bits per heavy atom. The van der Waals surface area contributed by atoms with Gasteiger partial charge in [-0.25, -0.2) is 0 Å². The Labute approximate surface area is 213 Å². The zero-order valence-electron chi connectivity index (χ0n) is 23.3. The highest BCUT2D eigenvalue weighted by Crippen LogP contribution is 2.13. The molecule has 0 heterocycles. The van der Waals surface area contributed by atoms with Crippen LogP contribution in [0.2, 0.25) is 0 Å². The van der Waals surface area contributed by atoms with Gasteiger partial charge in [0.1, 0.15) is 0 Å². The van der Waals surface area contributed by atoms with Crippen molar-refractivity contribution in [1.29, 1.82) is 0 Å². The van der Waals surface area contributed by atoms with Gasteiger partial charge >= 0.3 is 5.97 Å². The number of hydrogen-bond acceptors (Lipinski definition) is 3. The highest BCUT2D eigenvalue weighted by Gasteiger charge is 2.02. The predicted octanol–water partition coefficient (Wildman–Crippen LogP) is 10.0. The number of carboxylic acid groups (broad SMARTS) is 1. The molecular weight excluding hydrogens is 424 g/mol. The van der Waals surface area contributed by atoms with Crippen LogP contribution in [-0.2, 0) is 14.3 Å². The number of hydrogen-bond donors (Lipinski definition) is 1. The second-order valence-corrected chi connectivity index (χ2v) is 9.91. The number of unbranched alkanes of at least 4 members (excludes halogenated alkanes) is 21. The van der Waals surface area contributed by atoms with Gasteiger partial charge < -0.3 is 9.84 Å². The highest BCUT2D eigenvalue weighted by atomic mass is 16.5. The van der Waals surface area contributed by atoms with Crippen molar-refractivity contribution in [3.63, 3.8) is 0 Å². The summed E-state index contributed by atoms with van der Waals surface area (Å²) in [5, 5.41) is 7.42. The van der Waals surface area contributed by atoms with E-state index in [1.54, 1.807) is 0 Å². The van der Waals surface area contributed by atoms with Crippen LogP contribution in [-0.4, -0.2) is 23.7 Å². The molecule has 0 aliphatic rings. The molecule has 0 aromatic carbocycles. The number of esters is 1. The second kappa shape index (κ2) is 31.9. The largest absolute Gasteiger partial charge is 0.481 e. The van der Waals surface area contributed by atoms with Crippen molar-refractivity contribution >= 4 is 11.9 Å². The van der Waals surface area contributed by atoms with Crippen molar-refractivity contribution in [2.24, 2.45) is 0 Å². The van der Waals surface area contributed by atoms with Crippen molar-refractivity contribution in [2.45, 2.75) is 175 Å². The fourth-order valence-corrected chi connectivity index (χ4v) is 4.13. The molecule has 0 radical (unpaired) electrons. The van der Waals surface area contributed by atoms with Crippen molar-refractivity contribution in [1.82, 2.24) is 0 Å². The summed E-state index contributed by atoms with van der Waals surface area (Å²) in [5.74, 6) is -0.811. The van der Waals surface area contributed by atoms with Crippen LogP contribution in [0.5, 0.6) is 0 Å². The Morgan fingerprint density at radius 2 is 0.765 bits per heavy atom. The molecule has 0 saturated heterocycles. The molecule has 0 atom stereocenters. The molecule has 0 unspecified atom stereocenters. The minimum atomic E-state index is -0.833. The van der Waals surface area contributed by atoms with E-state index < -0.39 is 5.97 Å². The number of ether oxygens (including phenoxy) is 1. The molecule has 1 N–H and O–H groups in total. The number of carboxylic acids is 1. The molecule has 0 amide bonds. The minimum Gasteiger partial charge on any atom is -0.481 e. The lowest BCUT2D eigenvalue weighted by Crippen LogP contribution is -2.05. The normalized spacial score (nSPS) is 10.6. The molecule has 204 valence electrons. The Balaban J connectivity index is 0. The molecular formula is C30H60O4. The van der Waals surface area contributed by atoms with Crippen LogP contribution < -0.4 is 0 Å². The molecule has 4 heteroatoms. The highest BCUT2D eigenvalue weighted by molar-refractivity contribution is 5.69. The lowest BCUT2D eigenvalue weighted by molar-refractivity contribution is -0.144. The van der Waals surface area contributed by atoms with E-state index in [2.05, 4.69) is 13.8 Å². The van der Waals surface area contributed by atoms with Gasteiger partial charge in [0.2, 0.25) is 0 Å². The smallest absolute Gasteiger partial charge is 0.305 e. The molecule has 0 aromatic heterocycles. The average molecular weight is 485 g/mol. The average Bonchev–Trinajstić information content (AvgIpc) is 2.80. The fourth-order valence-electron chi connectivity index (χ4n) is 4.13. The van der Waals surface area contributed by atoms with Crippen molar-refractivity contribution < 1.29 is 19.4 Å². The first-order valence-corrected chi connectivity index (χ1v) is 14.9. The van der Waals surface area contributed by atoms with Gasteiger partial charge in [-0.3, -0.25) is 9.59 Å². The number of carbonyl (C=O) groups is 2. The van der Waals surface area contributed by atoms with E-state index in [-0.39, 0.29) is 5.97 Å². The first-order chi connectivity index (χ1) is 16.5. The van der Waals surface area contributed by atoms with Gasteiger partial charge in [0.05, 0.1) is 6.61 Å². The number of rotatable bonds is 25. The third-order valence-corrected chi connectivity index (χ3v) is 6.25. The van der Waals surface area contributed by atoms with Gasteiger partial charge in [-0.2, -0.15) is 0 Å². The Morgan fingerprint density at radius 3 is 1.09 bits per heavy atom. The summed E-state index contributed by atoms with van der Waals surface area (Å²) >= 11 is 0. The van der Waals surface area contributed by atoms with Crippen molar-refractivity contribution in [3.05, 3.63) is 0 Å². The first kappa shape index (κ1) is 35.1. The summed E-state index contributed by atoms with van der Waals surface area (Å²) in [5.41, 5.74) is 0. The maximum Gasteiger partial charge on any atom is 0.305 e. The summed E-state index contributed by atoms with van der Waals surface area (Å²) in [6.45, 7) is 6.27.